The number of hydrogen-bond donors (Lipinski definition) is 0. The minimum absolute atomic E-state index is 0.0500. The van der Waals surface area contributed by atoms with Crippen LogP contribution in [0.25, 0.3) is 0 Å². The summed E-state index contributed by atoms with van der Waals surface area (Å²) in [7, 11) is -3.38. The minimum atomic E-state index is -4.71. The second-order valence-electron chi connectivity index (χ2n) is 7.36. The molecule has 2 aliphatic rings. The molecule has 2 saturated heterocycles. The second-order valence-corrected chi connectivity index (χ2v) is 11.6. The number of benzene rings is 2. The topological polar surface area (TPSA) is 76.0 Å². The fraction of sp³-hybridized carbons (Fsp3) is 0.300. The lowest BCUT2D eigenvalue weighted by Gasteiger charge is -2.25. The van der Waals surface area contributed by atoms with Crippen LogP contribution in [0.4, 0.5) is 18.9 Å². The minimum Gasteiger partial charge on any atom is -0.484 e. The SMILES string of the molecule is O=C(COc1ccc(Cl)cc1)N=C1S[C@H]2CS(=O)(=O)C[C@H]2N1c1ccc(Cl)c(C(F)(F)F)c1. The number of fused-ring (bicyclic) bond motifs is 1. The Kier molecular flexibility index (Phi) is 6.60. The predicted octanol–water partition coefficient (Wildman–Crippen LogP) is 4.69. The van der Waals surface area contributed by atoms with Gasteiger partial charge in [0.25, 0.3) is 5.91 Å². The Balaban J connectivity index is 1.63. The maximum Gasteiger partial charge on any atom is 0.417 e. The molecule has 13 heteroatoms. The van der Waals surface area contributed by atoms with Gasteiger partial charge < -0.3 is 9.64 Å². The Morgan fingerprint density at radius 1 is 1.15 bits per heavy atom. The lowest BCUT2D eigenvalue weighted by atomic mass is 10.1. The Hall–Kier alpha value is -1.95. The first-order valence-electron chi connectivity index (χ1n) is 9.46. The van der Waals surface area contributed by atoms with Gasteiger partial charge in [-0.05, 0) is 42.5 Å². The molecule has 1 amide bonds. The molecule has 2 aromatic carbocycles. The van der Waals surface area contributed by atoms with Crippen molar-refractivity contribution in [3.8, 4) is 5.75 Å². The number of anilines is 1. The molecule has 2 aliphatic heterocycles. The molecule has 0 N–H and O–H groups in total. The molecule has 176 valence electrons. The summed E-state index contributed by atoms with van der Waals surface area (Å²) in [6.45, 7) is -0.415. The number of amides is 1. The van der Waals surface area contributed by atoms with Gasteiger partial charge in [0.2, 0.25) is 0 Å². The van der Waals surface area contributed by atoms with Crippen molar-refractivity contribution >= 4 is 61.6 Å². The van der Waals surface area contributed by atoms with Crippen LogP contribution in [0.1, 0.15) is 5.56 Å². The van der Waals surface area contributed by atoms with Gasteiger partial charge in [0, 0.05) is 16.0 Å². The van der Waals surface area contributed by atoms with Gasteiger partial charge in [0.1, 0.15) is 5.75 Å². The van der Waals surface area contributed by atoms with E-state index in [0.29, 0.717) is 10.8 Å². The number of carbonyl (C=O) groups excluding carboxylic acids is 1. The van der Waals surface area contributed by atoms with E-state index in [9.17, 15) is 26.4 Å². The molecule has 0 bridgehead atoms. The smallest absolute Gasteiger partial charge is 0.417 e. The number of nitrogens with zero attached hydrogens (tertiary/aromatic N) is 2. The van der Waals surface area contributed by atoms with Crippen LogP contribution in [0.3, 0.4) is 0 Å². The highest BCUT2D eigenvalue weighted by molar-refractivity contribution is 8.16. The molecule has 0 aliphatic carbocycles. The first kappa shape index (κ1) is 24.2. The third-order valence-electron chi connectivity index (χ3n) is 5.00. The summed E-state index contributed by atoms with van der Waals surface area (Å²) in [6, 6.07) is 8.92. The lowest BCUT2D eigenvalue weighted by molar-refractivity contribution is -0.137. The van der Waals surface area contributed by atoms with Gasteiger partial charge in [-0.15, -0.1) is 0 Å². The number of hydrogen-bond acceptors (Lipinski definition) is 5. The van der Waals surface area contributed by atoms with Gasteiger partial charge >= 0.3 is 6.18 Å². The van der Waals surface area contributed by atoms with Crippen LogP contribution in [0.15, 0.2) is 47.5 Å². The highest BCUT2D eigenvalue weighted by Crippen LogP contribution is 2.43. The molecule has 2 heterocycles. The van der Waals surface area contributed by atoms with Gasteiger partial charge in [-0.1, -0.05) is 35.0 Å². The first-order valence-corrected chi connectivity index (χ1v) is 12.9. The van der Waals surface area contributed by atoms with Crippen molar-refractivity contribution in [3.63, 3.8) is 0 Å². The molecule has 0 aromatic heterocycles. The Bertz CT molecular complexity index is 1220. The van der Waals surface area contributed by atoms with Gasteiger partial charge in [-0.25, -0.2) is 8.42 Å². The van der Waals surface area contributed by atoms with Crippen LogP contribution in [0, 0.1) is 0 Å². The Morgan fingerprint density at radius 2 is 1.85 bits per heavy atom. The van der Waals surface area contributed by atoms with Crippen LogP contribution in [-0.4, -0.2) is 48.9 Å². The largest absolute Gasteiger partial charge is 0.484 e. The number of amidine groups is 1. The van der Waals surface area contributed by atoms with E-state index >= 15 is 0 Å². The fourth-order valence-electron chi connectivity index (χ4n) is 3.56. The number of thioether (sulfide) groups is 1. The quantitative estimate of drug-likeness (QED) is 0.561. The molecule has 2 aromatic rings. The van der Waals surface area contributed by atoms with Gasteiger partial charge in [0.15, 0.2) is 21.6 Å². The predicted molar refractivity (Wildman–Crippen MR) is 122 cm³/mol. The van der Waals surface area contributed by atoms with Crippen LogP contribution < -0.4 is 9.64 Å². The molecule has 4 rings (SSSR count). The summed E-state index contributed by atoms with van der Waals surface area (Å²) in [5.74, 6) is -0.708. The summed E-state index contributed by atoms with van der Waals surface area (Å²) in [5, 5.41) is -0.349. The van der Waals surface area contributed by atoms with E-state index in [1.807, 2.05) is 0 Å². The molecular weight excluding hydrogens is 524 g/mol. The molecular formula is C20H15Cl2F3N2O4S2. The van der Waals surface area contributed by atoms with E-state index in [0.717, 1.165) is 23.9 Å². The summed E-state index contributed by atoms with van der Waals surface area (Å²) >= 11 is 12.6. The van der Waals surface area contributed by atoms with E-state index in [-0.39, 0.29) is 22.4 Å². The van der Waals surface area contributed by atoms with E-state index < -0.39 is 50.4 Å². The van der Waals surface area contributed by atoms with Crippen molar-refractivity contribution in [2.45, 2.75) is 17.5 Å². The van der Waals surface area contributed by atoms with Gasteiger partial charge in [-0.3, -0.25) is 4.79 Å². The zero-order valence-corrected chi connectivity index (χ0v) is 19.7. The summed E-state index contributed by atoms with van der Waals surface area (Å²) < 4.78 is 69.8. The third kappa shape index (κ3) is 5.42. The summed E-state index contributed by atoms with van der Waals surface area (Å²) in [6.07, 6.45) is -4.71. The number of rotatable bonds is 4. The number of halogens is 5. The van der Waals surface area contributed by atoms with E-state index in [4.69, 9.17) is 27.9 Å². The summed E-state index contributed by atoms with van der Waals surface area (Å²) in [5.41, 5.74) is -1.01. The number of alkyl halides is 3. The highest BCUT2D eigenvalue weighted by Gasteiger charge is 2.49. The van der Waals surface area contributed by atoms with Crippen molar-refractivity contribution in [3.05, 3.63) is 58.1 Å². The molecule has 0 radical (unpaired) electrons. The molecule has 0 unspecified atom stereocenters. The van der Waals surface area contributed by atoms with Crippen molar-refractivity contribution < 1.29 is 31.1 Å². The van der Waals surface area contributed by atoms with Crippen LogP contribution in [0.2, 0.25) is 10.0 Å². The van der Waals surface area contributed by atoms with E-state index in [2.05, 4.69) is 4.99 Å². The monoisotopic (exact) mass is 538 g/mol. The van der Waals surface area contributed by atoms with Crippen LogP contribution in [0.5, 0.6) is 5.75 Å². The number of carbonyl (C=O) groups is 1. The van der Waals surface area contributed by atoms with E-state index in [1.54, 1.807) is 24.3 Å². The van der Waals surface area contributed by atoms with Gasteiger partial charge in [-0.2, -0.15) is 18.2 Å². The highest BCUT2D eigenvalue weighted by atomic mass is 35.5. The maximum atomic E-state index is 13.4. The van der Waals surface area contributed by atoms with Crippen LogP contribution in [-0.2, 0) is 20.8 Å². The zero-order valence-electron chi connectivity index (χ0n) is 16.6. The number of aliphatic imine (C=N–C) groups is 1. The van der Waals surface area contributed by atoms with Crippen molar-refractivity contribution in [2.75, 3.05) is 23.0 Å². The average Bonchev–Trinajstić information content (AvgIpc) is 3.18. The lowest BCUT2D eigenvalue weighted by Crippen LogP contribution is -2.38. The zero-order chi connectivity index (χ0) is 24.0. The average molecular weight is 539 g/mol. The molecule has 6 nitrogen and oxygen atoms in total. The molecule has 33 heavy (non-hydrogen) atoms. The Morgan fingerprint density at radius 3 is 2.52 bits per heavy atom. The van der Waals surface area contributed by atoms with Crippen molar-refractivity contribution in [2.24, 2.45) is 4.99 Å². The standard InChI is InChI=1S/C20H15Cl2F3N2O4S2/c21-11-1-4-13(5-2-11)31-8-18(28)26-19-27(16-9-33(29,30)10-17(16)32-19)12-3-6-15(22)14(7-12)20(23,24)25/h1-7,16-17H,8-10H2/t16-,17+/m1/s1. The molecule has 2 atom stereocenters. The normalized spacial score (nSPS) is 23.1. The molecule has 2 fully saturated rings. The van der Waals surface area contributed by atoms with Crippen molar-refractivity contribution in [1.82, 2.24) is 0 Å². The Labute approximate surface area is 201 Å². The van der Waals surface area contributed by atoms with Gasteiger partial charge in [0.05, 0.1) is 28.1 Å². The maximum absolute atomic E-state index is 13.4. The van der Waals surface area contributed by atoms with E-state index in [1.165, 1.54) is 11.0 Å². The molecule has 0 spiro atoms. The molecule has 0 saturated carbocycles. The van der Waals surface area contributed by atoms with Crippen molar-refractivity contribution in [1.29, 1.82) is 0 Å². The summed E-state index contributed by atoms with van der Waals surface area (Å²) in [4.78, 5) is 17.8. The van der Waals surface area contributed by atoms with Crippen LogP contribution >= 0.6 is 35.0 Å². The third-order valence-corrected chi connectivity index (χ3v) is 8.79. The number of sulfone groups is 1. The number of ether oxygens (including phenoxy) is 1. The second kappa shape index (κ2) is 9.01. The fourth-order valence-corrected chi connectivity index (χ4v) is 7.84. The first-order chi connectivity index (χ1) is 15.4.